The van der Waals surface area contributed by atoms with Gasteiger partial charge in [0.2, 0.25) is 0 Å². The number of hydrogen-bond donors (Lipinski definition) is 0. The standard InChI is InChI=1S/C30H31N3O5/c1-6-37-27-15-20(4)24(16-23(27)19(2)3)29-32-25-13-9-8-12-22(25)30(35)33(29)31-17-21-11-7-10-14-26(21)38-18-28(34)36-5/h7-17,19H,6,18H2,1-5H3. The Bertz CT molecular complexity index is 1560. The summed E-state index contributed by atoms with van der Waals surface area (Å²) in [5.74, 6) is 1.36. The van der Waals surface area contributed by atoms with Crippen molar-refractivity contribution in [3.05, 3.63) is 87.7 Å². The lowest BCUT2D eigenvalue weighted by molar-refractivity contribution is -0.142. The first-order valence-corrected chi connectivity index (χ1v) is 12.5. The minimum Gasteiger partial charge on any atom is -0.494 e. The molecule has 0 aliphatic heterocycles. The molecule has 0 N–H and O–H groups in total. The van der Waals surface area contributed by atoms with Crippen molar-refractivity contribution < 1.29 is 19.0 Å². The highest BCUT2D eigenvalue weighted by atomic mass is 16.6. The summed E-state index contributed by atoms with van der Waals surface area (Å²) < 4.78 is 17.5. The second kappa shape index (κ2) is 11.7. The van der Waals surface area contributed by atoms with Crippen molar-refractivity contribution in [3.8, 4) is 22.9 Å². The fraction of sp³-hybridized carbons (Fsp3) is 0.267. The Balaban J connectivity index is 1.89. The molecule has 4 rings (SSSR count). The lowest BCUT2D eigenvalue weighted by atomic mass is 9.96. The maximum absolute atomic E-state index is 13.7. The zero-order valence-electron chi connectivity index (χ0n) is 22.2. The smallest absolute Gasteiger partial charge is 0.343 e. The van der Waals surface area contributed by atoms with Crippen LogP contribution in [0.3, 0.4) is 0 Å². The van der Waals surface area contributed by atoms with Crippen LogP contribution in [0.5, 0.6) is 11.5 Å². The fourth-order valence-electron chi connectivity index (χ4n) is 4.11. The van der Waals surface area contributed by atoms with Gasteiger partial charge in [-0.1, -0.05) is 38.1 Å². The van der Waals surface area contributed by atoms with Crippen molar-refractivity contribution in [2.45, 2.75) is 33.6 Å². The summed E-state index contributed by atoms with van der Waals surface area (Å²) in [5.41, 5.74) is 3.59. The number of ether oxygens (including phenoxy) is 3. The van der Waals surface area contributed by atoms with Gasteiger partial charge in [-0.3, -0.25) is 4.79 Å². The summed E-state index contributed by atoms with van der Waals surface area (Å²) in [6.45, 7) is 8.43. The average Bonchev–Trinajstić information content (AvgIpc) is 2.91. The highest BCUT2D eigenvalue weighted by molar-refractivity contribution is 5.85. The Kier molecular flexibility index (Phi) is 8.21. The number of para-hydroxylation sites is 2. The Labute approximate surface area is 221 Å². The summed E-state index contributed by atoms with van der Waals surface area (Å²) in [6.07, 6.45) is 1.53. The molecule has 4 aromatic rings. The van der Waals surface area contributed by atoms with Gasteiger partial charge in [0.05, 0.1) is 30.8 Å². The summed E-state index contributed by atoms with van der Waals surface area (Å²) in [4.78, 5) is 30.1. The van der Waals surface area contributed by atoms with E-state index < -0.39 is 5.97 Å². The van der Waals surface area contributed by atoms with E-state index in [0.717, 1.165) is 22.4 Å². The van der Waals surface area contributed by atoms with Crippen LogP contribution < -0.4 is 15.0 Å². The average molecular weight is 514 g/mol. The van der Waals surface area contributed by atoms with Crippen molar-refractivity contribution in [1.82, 2.24) is 9.66 Å². The highest BCUT2D eigenvalue weighted by Crippen LogP contribution is 2.34. The molecular formula is C30H31N3O5. The number of hydrogen-bond acceptors (Lipinski definition) is 7. The number of fused-ring (bicyclic) bond motifs is 1. The minimum atomic E-state index is -0.499. The first-order chi connectivity index (χ1) is 18.3. The predicted octanol–water partition coefficient (Wildman–Crippen LogP) is 5.33. The molecule has 0 bridgehead atoms. The summed E-state index contributed by atoms with van der Waals surface area (Å²) in [5, 5.41) is 5.03. The first kappa shape index (κ1) is 26.6. The number of carbonyl (C=O) groups excluding carboxylic acids is 1. The largest absolute Gasteiger partial charge is 0.494 e. The predicted molar refractivity (Wildman–Crippen MR) is 148 cm³/mol. The van der Waals surface area contributed by atoms with Crippen molar-refractivity contribution in [3.63, 3.8) is 0 Å². The van der Waals surface area contributed by atoms with Gasteiger partial charge in [0.25, 0.3) is 5.56 Å². The number of methoxy groups -OCH3 is 1. The van der Waals surface area contributed by atoms with Gasteiger partial charge in [-0.2, -0.15) is 9.78 Å². The fourth-order valence-corrected chi connectivity index (χ4v) is 4.11. The van der Waals surface area contributed by atoms with E-state index >= 15 is 0 Å². The molecule has 0 spiro atoms. The van der Waals surface area contributed by atoms with Crippen LogP contribution in [0.1, 0.15) is 43.4 Å². The topological polar surface area (TPSA) is 92.0 Å². The van der Waals surface area contributed by atoms with E-state index in [4.69, 9.17) is 14.5 Å². The normalized spacial score (nSPS) is 11.3. The molecular weight excluding hydrogens is 482 g/mol. The van der Waals surface area contributed by atoms with E-state index in [2.05, 4.69) is 23.7 Å². The van der Waals surface area contributed by atoms with E-state index in [9.17, 15) is 9.59 Å². The minimum absolute atomic E-state index is 0.193. The van der Waals surface area contributed by atoms with Crippen LogP contribution >= 0.6 is 0 Å². The second-order valence-electron chi connectivity index (χ2n) is 9.01. The molecule has 0 atom stereocenters. The third kappa shape index (κ3) is 5.59. The Morgan fingerprint density at radius 1 is 1.05 bits per heavy atom. The lowest BCUT2D eigenvalue weighted by Gasteiger charge is -2.18. The van der Waals surface area contributed by atoms with Crippen LogP contribution in [-0.2, 0) is 9.53 Å². The number of benzene rings is 3. The van der Waals surface area contributed by atoms with Crippen molar-refractivity contribution >= 4 is 23.1 Å². The molecule has 1 aromatic heterocycles. The van der Waals surface area contributed by atoms with Crippen LogP contribution in [0.2, 0.25) is 0 Å². The quantitative estimate of drug-likeness (QED) is 0.222. The number of nitrogens with zero attached hydrogens (tertiary/aromatic N) is 3. The molecule has 1 heterocycles. The number of aryl methyl sites for hydroxylation is 1. The second-order valence-corrected chi connectivity index (χ2v) is 9.01. The Morgan fingerprint density at radius 2 is 1.79 bits per heavy atom. The van der Waals surface area contributed by atoms with E-state index in [1.165, 1.54) is 18.0 Å². The third-order valence-electron chi connectivity index (χ3n) is 6.08. The third-order valence-corrected chi connectivity index (χ3v) is 6.08. The highest BCUT2D eigenvalue weighted by Gasteiger charge is 2.18. The molecule has 0 saturated heterocycles. The molecule has 38 heavy (non-hydrogen) atoms. The molecule has 0 saturated carbocycles. The lowest BCUT2D eigenvalue weighted by Crippen LogP contribution is -2.21. The monoisotopic (exact) mass is 513 g/mol. The zero-order valence-corrected chi connectivity index (χ0v) is 22.2. The van der Waals surface area contributed by atoms with Crippen LogP contribution in [0.4, 0.5) is 0 Å². The molecule has 8 heteroatoms. The van der Waals surface area contributed by atoms with Gasteiger partial charge in [-0.25, -0.2) is 9.78 Å². The molecule has 0 unspecified atom stereocenters. The molecule has 0 aliphatic rings. The van der Waals surface area contributed by atoms with Gasteiger partial charge >= 0.3 is 5.97 Å². The van der Waals surface area contributed by atoms with Crippen LogP contribution in [0.25, 0.3) is 22.3 Å². The van der Waals surface area contributed by atoms with Crippen molar-refractivity contribution in [1.29, 1.82) is 0 Å². The SMILES string of the molecule is CCOc1cc(C)c(-c2nc3ccccc3c(=O)n2N=Cc2ccccc2OCC(=O)OC)cc1C(C)C. The van der Waals surface area contributed by atoms with E-state index in [1.807, 2.05) is 44.2 Å². The van der Waals surface area contributed by atoms with Gasteiger partial charge < -0.3 is 14.2 Å². The van der Waals surface area contributed by atoms with Crippen LogP contribution in [0, 0.1) is 6.92 Å². The van der Waals surface area contributed by atoms with Gasteiger partial charge in [0, 0.05) is 11.1 Å². The van der Waals surface area contributed by atoms with Gasteiger partial charge in [-0.05, 0) is 67.3 Å². The van der Waals surface area contributed by atoms with E-state index in [-0.39, 0.29) is 18.1 Å². The number of carbonyl (C=O) groups is 1. The number of esters is 1. The van der Waals surface area contributed by atoms with Crippen LogP contribution in [-0.4, -0.2) is 42.2 Å². The maximum atomic E-state index is 13.7. The van der Waals surface area contributed by atoms with Crippen molar-refractivity contribution in [2.24, 2.45) is 5.10 Å². The molecule has 0 aliphatic carbocycles. The van der Waals surface area contributed by atoms with E-state index in [1.54, 1.807) is 30.3 Å². The van der Waals surface area contributed by atoms with Gasteiger partial charge in [0.15, 0.2) is 12.4 Å². The number of rotatable bonds is 9. The van der Waals surface area contributed by atoms with Gasteiger partial charge in [0.1, 0.15) is 11.5 Å². The molecule has 196 valence electrons. The molecule has 0 amide bonds. The van der Waals surface area contributed by atoms with E-state index in [0.29, 0.717) is 34.6 Å². The summed E-state index contributed by atoms with van der Waals surface area (Å²) >= 11 is 0. The van der Waals surface area contributed by atoms with Gasteiger partial charge in [-0.15, -0.1) is 0 Å². The zero-order chi connectivity index (χ0) is 27.2. The van der Waals surface area contributed by atoms with Crippen molar-refractivity contribution in [2.75, 3.05) is 20.3 Å². The Hall–Kier alpha value is -4.46. The molecule has 8 nitrogen and oxygen atoms in total. The Morgan fingerprint density at radius 3 is 2.53 bits per heavy atom. The maximum Gasteiger partial charge on any atom is 0.343 e. The van der Waals surface area contributed by atoms with Crippen LogP contribution in [0.15, 0.2) is 70.6 Å². The molecule has 0 radical (unpaired) electrons. The summed E-state index contributed by atoms with van der Waals surface area (Å²) in [7, 11) is 1.30. The molecule has 3 aromatic carbocycles. The molecule has 0 fully saturated rings. The number of aromatic nitrogens is 2. The summed E-state index contributed by atoms with van der Waals surface area (Å²) in [6, 6.07) is 18.3. The first-order valence-electron chi connectivity index (χ1n) is 12.5.